The van der Waals surface area contributed by atoms with E-state index >= 15 is 0 Å². The maximum Gasteiger partial charge on any atom is 0.0678 e. The van der Waals surface area contributed by atoms with Crippen LogP contribution in [0, 0.1) is 0 Å². The molecule has 0 atom stereocenters. The molecule has 1 heterocycles. The lowest BCUT2D eigenvalue weighted by molar-refractivity contribution is -0.145. The van der Waals surface area contributed by atoms with Gasteiger partial charge in [-0.05, 0) is 27.3 Å². The van der Waals surface area contributed by atoms with Gasteiger partial charge in [-0.1, -0.05) is 19.8 Å². The van der Waals surface area contributed by atoms with Crippen LogP contribution in [0.2, 0.25) is 0 Å². The van der Waals surface area contributed by atoms with E-state index < -0.39 is 0 Å². The molecule has 78 valence electrons. The predicted octanol–water partition coefficient (Wildman–Crippen LogP) is 2.29. The summed E-state index contributed by atoms with van der Waals surface area (Å²) in [6.45, 7) is 8.63. The summed E-state index contributed by atoms with van der Waals surface area (Å²) < 4.78 is 5.36. The van der Waals surface area contributed by atoms with Crippen LogP contribution in [0.15, 0.2) is 0 Å². The van der Waals surface area contributed by atoms with E-state index in [4.69, 9.17) is 4.74 Å². The SMILES string of the molecule is CCCCC1(N(C)C(C)C)COC1. The first kappa shape index (κ1) is 11.0. The van der Waals surface area contributed by atoms with Crippen LogP contribution in [0.25, 0.3) is 0 Å². The van der Waals surface area contributed by atoms with E-state index in [1.807, 2.05) is 0 Å². The van der Waals surface area contributed by atoms with Gasteiger partial charge in [-0.2, -0.15) is 0 Å². The monoisotopic (exact) mass is 185 g/mol. The maximum absolute atomic E-state index is 5.36. The van der Waals surface area contributed by atoms with Crippen molar-refractivity contribution < 1.29 is 4.74 Å². The average molecular weight is 185 g/mol. The molecule has 2 heteroatoms. The molecule has 1 aliphatic rings. The normalized spacial score (nSPS) is 20.8. The second-order valence-electron chi connectivity index (χ2n) is 4.53. The lowest BCUT2D eigenvalue weighted by atomic mass is 9.88. The van der Waals surface area contributed by atoms with Gasteiger partial charge in [-0.3, -0.25) is 4.90 Å². The molecule has 1 aliphatic heterocycles. The summed E-state index contributed by atoms with van der Waals surface area (Å²) in [4.78, 5) is 2.48. The molecule has 0 unspecified atom stereocenters. The summed E-state index contributed by atoms with van der Waals surface area (Å²) in [7, 11) is 2.23. The Bertz CT molecular complexity index is 152. The van der Waals surface area contributed by atoms with E-state index in [2.05, 4.69) is 32.7 Å². The summed E-state index contributed by atoms with van der Waals surface area (Å²) in [6.07, 6.45) is 3.90. The summed E-state index contributed by atoms with van der Waals surface area (Å²) in [6, 6.07) is 0.626. The van der Waals surface area contributed by atoms with Gasteiger partial charge >= 0.3 is 0 Å². The molecule has 0 aromatic heterocycles. The largest absolute Gasteiger partial charge is 0.377 e. The Labute approximate surface area is 82.3 Å². The molecule has 1 saturated heterocycles. The number of likely N-dealkylation sites (N-methyl/N-ethyl adjacent to an activating group) is 1. The van der Waals surface area contributed by atoms with Gasteiger partial charge < -0.3 is 4.74 Å². The highest BCUT2D eigenvalue weighted by molar-refractivity contribution is 4.96. The van der Waals surface area contributed by atoms with Gasteiger partial charge in [0.2, 0.25) is 0 Å². The first-order valence-electron chi connectivity index (χ1n) is 5.43. The molecular weight excluding hydrogens is 162 g/mol. The number of rotatable bonds is 5. The van der Waals surface area contributed by atoms with Crippen molar-refractivity contribution >= 4 is 0 Å². The predicted molar refractivity (Wildman–Crippen MR) is 56.0 cm³/mol. The fraction of sp³-hybridized carbons (Fsp3) is 1.00. The molecule has 2 nitrogen and oxygen atoms in total. The molecule has 13 heavy (non-hydrogen) atoms. The topological polar surface area (TPSA) is 12.5 Å². The Balaban J connectivity index is 2.48. The number of ether oxygens (including phenoxy) is 1. The lowest BCUT2D eigenvalue weighted by Crippen LogP contribution is -2.62. The lowest BCUT2D eigenvalue weighted by Gasteiger charge is -2.50. The van der Waals surface area contributed by atoms with E-state index in [9.17, 15) is 0 Å². The third kappa shape index (κ3) is 2.23. The number of nitrogens with zero attached hydrogens (tertiary/aromatic N) is 1. The smallest absolute Gasteiger partial charge is 0.0678 e. The minimum atomic E-state index is 0.365. The van der Waals surface area contributed by atoms with Crippen LogP contribution in [0.3, 0.4) is 0 Å². The minimum Gasteiger partial charge on any atom is -0.377 e. The van der Waals surface area contributed by atoms with Gasteiger partial charge in [0.05, 0.1) is 18.8 Å². The molecule has 1 rings (SSSR count). The molecule has 0 spiro atoms. The summed E-state index contributed by atoms with van der Waals surface area (Å²) in [5.41, 5.74) is 0.365. The van der Waals surface area contributed by atoms with Gasteiger partial charge in [0.15, 0.2) is 0 Å². The van der Waals surface area contributed by atoms with Crippen LogP contribution in [0.1, 0.15) is 40.0 Å². The summed E-state index contributed by atoms with van der Waals surface area (Å²) in [5.74, 6) is 0. The third-order valence-corrected chi connectivity index (χ3v) is 3.26. The van der Waals surface area contributed by atoms with Crippen molar-refractivity contribution in [3.05, 3.63) is 0 Å². The van der Waals surface area contributed by atoms with Crippen molar-refractivity contribution in [2.45, 2.75) is 51.6 Å². The van der Waals surface area contributed by atoms with E-state index in [-0.39, 0.29) is 0 Å². The second kappa shape index (κ2) is 4.43. The van der Waals surface area contributed by atoms with E-state index in [0.717, 1.165) is 13.2 Å². The Kier molecular flexibility index (Phi) is 3.74. The zero-order valence-electron chi connectivity index (χ0n) is 9.47. The molecule has 0 saturated carbocycles. The van der Waals surface area contributed by atoms with E-state index in [1.54, 1.807) is 0 Å². The van der Waals surface area contributed by atoms with Crippen molar-refractivity contribution in [3.63, 3.8) is 0 Å². The van der Waals surface area contributed by atoms with Gasteiger partial charge in [0.25, 0.3) is 0 Å². The summed E-state index contributed by atoms with van der Waals surface area (Å²) in [5, 5.41) is 0. The molecule has 1 fully saturated rings. The molecule has 0 radical (unpaired) electrons. The Morgan fingerprint density at radius 2 is 2.00 bits per heavy atom. The minimum absolute atomic E-state index is 0.365. The van der Waals surface area contributed by atoms with Gasteiger partial charge in [-0.15, -0.1) is 0 Å². The van der Waals surface area contributed by atoms with Crippen molar-refractivity contribution in [3.8, 4) is 0 Å². The van der Waals surface area contributed by atoms with Gasteiger partial charge in [0.1, 0.15) is 0 Å². The van der Waals surface area contributed by atoms with Gasteiger partial charge in [0, 0.05) is 6.04 Å². The van der Waals surface area contributed by atoms with Crippen LogP contribution >= 0.6 is 0 Å². The van der Waals surface area contributed by atoms with Crippen molar-refractivity contribution in [2.75, 3.05) is 20.3 Å². The standard InChI is InChI=1S/C11H23NO/c1-5-6-7-11(8-13-9-11)12(4)10(2)3/h10H,5-9H2,1-4H3. The molecular formula is C11H23NO. The van der Waals surface area contributed by atoms with E-state index in [0.29, 0.717) is 11.6 Å². The highest BCUT2D eigenvalue weighted by atomic mass is 16.5. The van der Waals surface area contributed by atoms with Crippen molar-refractivity contribution in [1.29, 1.82) is 0 Å². The third-order valence-electron chi connectivity index (χ3n) is 3.26. The van der Waals surface area contributed by atoms with Crippen LogP contribution in [0.5, 0.6) is 0 Å². The molecule has 0 aromatic rings. The number of hydrogen-bond acceptors (Lipinski definition) is 2. The first-order valence-corrected chi connectivity index (χ1v) is 5.43. The van der Waals surface area contributed by atoms with Crippen LogP contribution in [-0.2, 0) is 4.74 Å². The Morgan fingerprint density at radius 3 is 2.31 bits per heavy atom. The molecule has 0 amide bonds. The molecule has 0 aromatic carbocycles. The average Bonchev–Trinajstić information content (AvgIpc) is 2.02. The van der Waals surface area contributed by atoms with Crippen molar-refractivity contribution in [2.24, 2.45) is 0 Å². The highest BCUT2D eigenvalue weighted by Gasteiger charge is 2.42. The number of unbranched alkanes of at least 4 members (excludes halogenated alkanes) is 1. The molecule has 0 bridgehead atoms. The van der Waals surface area contributed by atoms with Crippen LogP contribution in [0.4, 0.5) is 0 Å². The number of hydrogen-bond donors (Lipinski definition) is 0. The van der Waals surface area contributed by atoms with Crippen LogP contribution in [-0.4, -0.2) is 36.7 Å². The fourth-order valence-electron chi connectivity index (χ4n) is 1.92. The first-order chi connectivity index (χ1) is 6.12. The summed E-state index contributed by atoms with van der Waals surface area (Å²) >= 11 is 0. The maximum atomic E-state index is 5.36. The van der Waals surface area contributed by atoms with Gasteiger partial charge in [-0.25, -0.2) is 0 Å². The fourth-order valence-corrected chi connectivity index (χ4v) is 1.92. The Morgan fingerprint density at radius 1 is 1.38 bits per heavy atom. The van der Waals surface area contributed by atoms with Crippen molar-refractivity contribution in [1.82, 2.24) is 4.90 Å². The zero-order valence-corrected chi connectivity index (χ0v) is 9.47. The van der Waals surface area contributed by atoms with E-state index in [1.165, 1.54) is 19.3 Å². The molecule has 0 N–H and O–H groups in total. The van der Waals surface area contributed by atoms with Crippen LogP contribution < -0.4 is 0 Å². The highest BCUT2D eigenvalue weighted by Crippen LogP contribution is 2.30. The Hall–Kier alpha value is -0.0800. The molecule has 0 aliphatic carbocycles. The quantitative estimate of drug-likeness (QED) is 0.651. The second-order valence-corrected chi connectivity index (χ2v) is 4.53. The zero-order chi connectivity index (χ0) is 9.90.